The molecular formula is C7H13NO. The lowest BCUT2D eigenvalue weighted by Gasteiger charge is -2.02. The highest BCUT2D eigenvalue weighted by Crippen LogP contribution is 2.12. The van der Waals surface area contributed by atoms with Crippen LogP contribution < -0.4 is 5.32 Å². The summed E-state index contributed by atoms with van der Waals surface area (Å²) in [7, 11) is 0. The smallest absolute Gasteiger partial charge is 0.146 e. The maximum absolute atomic E-state index is 10.7. The molecule has 9 heavy (non-hydrogen) atoms. The number of Topliss-reactive ketones (excluding diaryl/α,β-unsaturated/α-hetero) is 1. The summed E-state index contributed by atoms with van der Waals surface area (Å²) in [4.78, 5) is 10.7. The first-order valence-corrected chi connectivity index (χ1v) is 3.44. The molecule has 52 valence electrons. The van der Waals surface area contributed by atoms with E-state index in [2.05, 4.69) is 12.2 Å². The van der Waals surface area contributed by atoms with Crippen LogP contribution in [0, 0.1) is 5.92 Å². The van der Waals surface area contributed by atoms with Gasteiger partial charge < -0.3 is 5.32 Å². The topological polar surface area (TPSA) is 29.1 Å². The van der Waals surface area contributed by atoms with E-state index in [-0.39, 0.29) is 11.8 Å². The molecule has 0 bridgehead atoms. The summed E-state index contributed by atoms with van der Waals surface area (Å²) in [5.74, 6) is 0.957. The van der Waals surface area contributed by atoms with E-state index < -0.39 is 0 Å². The van der Waals surface area contributed by atoms with Crippen LogP contribution >= 0.6 is 0 Å². The average molecular weight is 127 g/mol. The average Bonchev–Trinajstić information content (AvgIpc) is 2.14. The standard InChI is InChI=1S/C7H13NO/c1-5-3-7(6(2)9)8-4-5/h5,7-8H,3-4H2,1-2H3/t5-,7?/m1/s1. The zero-order chi connectivity index (χ0) is 6.85. The van der Waals surface area contributed by atoms with E-state index in [4.69, 9.17) is 0 Å². The molecule has 1 rings (SSSR count). The second-order valence-electron chi connectivity index (χ2n) is 2.91. The van der Waals surface area contributed by atoms with Gasteiger partial charge in [0.1, 0.15) is 5.78 Å². The van der Waals surface area contributed by atoms with Crippen LogP contribution in [0.5, 0.6) is 0 Å². The van der Waals surface area contributed by atoms with Crippen molar-refractivity contribution in [1.82, 2.24) is 5.32 Å². The fourth-order valence-corrected chi connectivity index (χ4v) is 1.22. The molecule has 1 fully saturated rings. The van der Waals surface area contributed by atoms with Gasteiger partial charge in [-0.15, -0.1) is 0 Å². The summed E-state index contributed by atoms with van der Waals surface area (Å²) in [6, 6.07) is 0.153. The second-order valence-corrected chi connectivity index (χ2v) is 2.91. The number of hydrogen-bond donors (Lipinski definition) is 1. The highest BCUT2D eigenvalue weighted by atomic mass is 16.1. The second kappa shape index (κ2) is 2.48. The summed E-state index contributed by atoms with van der Waals surface area (Å²) in [6.07, 6.45) is 1.02. The summed E-state index contributed by atoms with van der Waals surface area (Å²) >= 11 is 0. The normalized spacial score (nSPS) is 34.9. The van der Waals surface area contributed by atoms with Crippen molar-refractivity contribution in [2.75, 3.05) is 6.54 Å². The number of nitrogens with one attached hydrogen (secondary N) is 1. The van der Waals surface area contributed by atoms with Crippen molar-refractivity contribution in [1.29, 1.82) is 0 Å². The SMILES string of the molecule is CC(=O)C1C[C@@H](C)CN1. The fraction of sp³-hybridized carbons (Fsp3) is 0.857. The summed E-state index contributed by atoms with van der Waals surface area (Å²) in [5.41, 5.74) is 0. The Morgan fingerprint density at radius 2 is 2.33 bits per heavy atom. The Bertz CT molecular complexity index is 122. The molecular weight excluding hydrogens is 114 g/mol. The first-order valence-electron chi connectivity index (χ1n) is 3.44. The van der Waals surface area contributed by atoms with Crippen molar-refractivity contribution in [2.24, 2.45) is 5.92 Å². The molecule has 0 amide bonds. The Hall–Kier alpha value is -0.370. The zero-order valence-electron chi connectivity index (χ0n) is 5.98. The molecule has 1 aliphatic heterocycles. The molecule has 0 aromatic rings. The summed E-state index contributed by atoms with van der Waals surface area (Å²) in [5, 5.41) is 3.16. The van der Waals surface area contributed by atoms with Crippen LogP contribution in [-0.2, 0) is 4.79 Å². The minimum Gasteiger partial charge on any atom is -0.307 e. The van der Waals surface area contributed by atoms with Gasteiger partial charge in [-0.3, -0.25) is 4.79 Å². The van der Waals surface area contributed by atoms with Crippen molar-refractivity contribution >= 4 is 5.78 Å². The predicted molar refractivity (Wildman–Crippen MR) is 36.3 cm³/mol. The molecule has 2 nitrogen and oxygen atoms in total. The van der Waals surface area contributed by atoms with E-state index in [0.717, 1.165) is 13.0 Å². The molecule has 1 N–H and O–H groups in total. The first kappa shape index (κ1) is 6.75. The lowest BCUT2D eigenvalue weighted by molar-refractivity contribution is -0.118. The third-order valence-corrected chi connectivity index (χ3v) is 1.84. The molecule has 1 saturated heterocycles. The molecule has 0 saturated carbocycles. The molecule has 0 aromatic carbocycles. The van der Waals surface area contributed by atoms with E-state index in [1.165, 1.54) is 0 Å². The van der Waals surface area contributed by atoms with Crippen LogP contribution in [0.4, 0.5) is 0 Å². The molecule has 2 atom stereocenters. The Morgan fingerprint density at radius 3 is 2.56 bits per heavy atom. The minimum atomic E-state index is 0.153. The van der Waals surface area contributed by atoms with Crippen LogP contribution in [0.15, 0.2) is 0 Å². The zero-order valence-corrected chi connectivity index (χ0v) is 5.98. The van der Waals surface area contributed by atoms with Crippen LogP contribution in [0.1, 0.15) is 20.3 Å². The van der Waals surface area contributed by atoms with E-state index in [1.54, 1.807) is 6.92 Å². The minimum absolute atomic E-state index is 0.153. The van der Waals surface area contributed by atoms with Crippen LogP contribution in [-0.4, -0.2) is 18.4 Å². The maximum atomic E-state index is 10.7. The van der Waals surface area contributed by atoms with Gasteiger partial charge in [0.05, 0.1) is 6.04 Å². The van der Waals surface area contributed by atoms with Gasteiger partial charge in [-0.05, 0) is 25.8 Å². The Labute approximate surface area is 55.6 Å². The van der Waals surface area contributed by atoms with E-state index in [1.807, 2.05) is 0 Å². The van der Waals surface area contributed by atoms with Gasteiger partial charge in [0.25, 0.3) is 0 Å². The molecule has 1 aliphatic rings. The quantitative estimate of drug-likeness (QED) is 0.558. The van der Waals surface area contributed by atoms with Gasteiger partial charge in [-0.2, -0.15) is 0 Å². The molecule has 0 aromatic heterocycles. The van der Waals surface area contributed by atoms with Gasteiger partial charge in [0.15, 0.2) is 0 Å². The Balaban J connectivity index is 2.39. The third kappa shape index (κ3) is 1.52. The first-order chi connectivity index (χ1) is 4.20. The molecule has 0 spiro atoms. The Morgan fingerprint density at radius 1 is 1.67 bits per heavy atom. The highest BCUT2D eigenvalue weighted by Gasteiger charge is 2.23. The highest BCUT2D eigenvalue weighted by molar-refractivity contribution is 5.81. The Kier molecular flexibility index (Phi) is 1.86. The number of carbonyl (C=O) groups is 1. The van der Waals surface area contributed by atoms with Crippen molar-refractivity contribution < 1.29 is 4.79 Å². The van der Waals surface area contributed by atoms with Gasteiger partial charge >= 0.3 is 0 Å². The fourth-order valence-electron chi connectivity index (χ4n) is 1.22. The van der Waals surface area contributed by atoms with Crippen LogP contribution in [0.3, 0.4) is 0 Å². The molecule has 1 unspecified atom stereocenters. The molecule has 2 heteroatoms. The van der Waals surface area contributed by atoms with E-state index >= 15 is 0 Å². The van der Waals surface area contributed by atoms with Crippen LogP contribution in [0.2, 0.25) is 0 Å². The van der Waals surface area contributed by atoms with E-state index in [0.29, 0.717) is 5.92 Å². The lowest BCUT2D eigenvalue weighted by Crippen LogP contribution is -2.28. The number of carbonyl (C=O) groups excluding carboxylic acids is 1. The summed E-state index contributed by atoms with van der Waals surface area (Å²) in [6.45, 7) is 4.82. The van der Waals surface area contributed by atoms with Crippen molar-refractivity contribution in [2.45, 2.75) is 26.3 Å². The van der Waals surface area contributed by atoms with Gasteiger partial charge in [0, 0.05) is 0 Å². The number of rotatable bonds is 1. The lowest BCUT2D eigenvalue weighted by atomic mass is 10.1. The summed E-state index contributed by atoms with van der Waals surface area (Å²) < 4.78 is 0. The largest absolute Gasteiger partial charge is 0.307 e. The van der Waals surface area contributed by atoms with Gasteiger partial charge in [0.2, 0.25) is 0 Å². The maximum Gasteiger partial charge on any atom is 0.146 e. The van der Waals surface area contributed by atoms with Crippen molar-refractivity contribution in [3.05, 3.63) is 0 Å². The van der Waals surface area contributed by atoms with E-state index in [9.17, 15) is 4.79 Å². The van der Waals surface area contributed by atoms with Crippen molar-refractivity contribution in [3.8, 4) is 0 Å². The third-order valence-electron chi connectivity index (χ3n) is 1.84. The monoisotopic (exact) mass is 127 g/mol. The molecule has 0 radical (unpaired) electrons. The molecule has 1 heterocycles. The molecule has 0 aliphatic carbocycles. The van der Waals surface area contributed by atoms with Gasteiger partial charge in [-0.25, -0.2) is 0 Å². The van der Waals surface area contributed by atoms with Gasteiger partial charge in [-0.1, -0.05) is 6.92 Å². The van der Waals surface area contributed by atoms with Crippen LogP contribution in [0.25, 0.3) is 0 Å². The van der Waals surface area contributed by atoms with Crippen molar-refractivity contribution in [3.63, 3.8) is 0 Å². The number of hydrogen-bond acceptors (Lipinski definition) is 2. The number of ketones is 1. The predicted octanol–water partition coefficient (Wildman–Crippen LogP) is 0.573.